The highest BCUT2D eigenvalue weighted by Gasteiger charge is 2.31. The number of aromatic nitrogens is 1. The number of para-hydroxylation sites is 1. The lowest BCUT2D eigenvalue weighted by atomic mass is 10.2. The van der Waals surface area contributed by atoms with E-state index in [9.17, 15) is 9.59 Å². The van der Waals surface area contributed by atoms with E-state index in [-0.39, 0.29) is 18.5 Å². The smallest absolute Gasteiger partial charge is 0.325 e. The molecule has 8 nitrogen and oxygen atoms in total. The Morgan fingerprint density at radius 1 is 1.03 bits per heavy atom. The van der Waals surface area contributed by atoms with Crippen molar-refractivity contribution < 1.29 is 19.1 Å². The summed E-state index contributed by atoms with van der Waals surface area (Å²) in [5, 5.41) is 4.14. The summed E-state index contributed by atoms with van der Waals surface area (Å²) in [5.41, 5.74) is 3.06. The molecule has 3 amide bonds. The van der Waals surface area contributed by atoms with E-state index in [2.05, 4.69) is 35.0 Å². The Kier molecular flexibility index (Phi) is 5.34. The van der Waals surface area contributed by atoms with Crippen LogP contribution in [0.3, 0.4) is 0 Å². The van der Waals surface area contributed by atoms with E-state index in [0.717, 1.165) is 16.9 Å². The van der Waals surface area contributed by atoms with Crippen LogP contribution in [0.15, 0.2) is 48.5 Å². The Bertz CT molecular complexity index is 1170. The van der Waals surface area contributed by atoms with Crippen LogP contribution >= 0.6 is 0 Å². The summed E-state index contributed by atoms with van der Waals surface area (Å²) < 4.78 is 13.4. The van der Waals surface area contributed by atoms with Crippen molar-refractivity contribution in [3.63, 3.8) is 0 Å². The number of ether oxygens (including phenoxy) is 2. The molecule has 0 saturated carbocycles. The molecule has 0 aliphatic carbocycles. The fourth-order valence-electron chi connectivity index (χ4n) is 4.35. The van der Waals surface area contributed by atoms with Crippen molar-refractivity contribution in [3.8, 4) is 11.5 Å². The van der Waals surface area contributed by atoms with Crippen LogP contribution < -0.4 is 19.7 Å². The van der Waals surface area contributed by atoms with Crippen LogP contribution in [0.2, 0.25) is 0 Å². The second-order valence-electron chi connectivity index (χ2n) is 8.03. The van der Waals surface area contributed by atoms with E-state index in [4.69, 9.17) is 9.47 Å². The molecule has 1 fully saturated rings. The average molecular weight is 434 g/mol. The molecule has 3 heterocycles. The van der Waals surface area contributed by atoms with Gasteiger partial charge in [-0.2, -0.15) is 0 Å². The molecule has 0 radical (unpaired) electrons. The van der Waals surface area contributed by atoms with E-state index >= 15 is 0 Å². The van der Waals surface area contributed by atoms with E-state index < -0.39 is 0 Å². The molecule has 0 bridgehead atoms. The van der Waals surface area contributed by atoms with Crippen molar-refractivity contribution in [2.24, 2.45) is 0 Å². The lowest BCUT2D eigenvalue weighted by Crippen LogP contribution is -2.40. The van der Waals surface area contributed by atoms with Gasteiger partial charge in [0.2, 0.25) is 5.91 Å². The third kappa shape index (κ3) is 3.84. The van der Waals surface area contributed by atoms with Crippen LogP contribution in [0.25, 0.3) is 10.9 Å². The van der Waals surface area contributed by atoms with E-state index in [1.54, 1.807) is 9.80 Å². The van der Waals surface area contributed by atoms with Gasteiger partial charge < -0.3 is 24.3 Å². The number of carbonyl (C=O) groups is 2. The zero-order chi connectivity index (χ0) is 22.1. The predicted octanol–water partition coefficient (Wildman–Crippen LogP) is 2.78. The summed E-state index contributed by atoms with van der Waals surface area (Å²) in [7, 11) is 0. The van der Waals surface area contributed by atoms with Gasteiger partial charge in [-0.3, -0.25) is 9.69 Å². The van der Waals surface area contributed by atoms with E-state index in [1.165, 1.54) is 5.39 Å². The van der Waals surface area contributed by atoms with E-state index in [0.29, 0.717) is 50.9 Å². The van der Waals surface area contributed by atoms with Crippen LogP contribution in [-0.2, 0) is 11.3 Å². The normalized spacial score (nSPS) is 15.5. The van der Waals surface area contributed by atoms with Gasteiger partial charge in [-0.15, -0.1) is 0 Å². The number of rotatable bonds is 6. The second-order valence-corrected chi connectivity index (χ2v) is 8.03. The van der Waals surface area contributed by atoms with Gasteiger partial charge in [-0.1, -0.05) is 18.2 Å². The first-order valence-corrected chi connectivity index (χ1v) is 10.9. The largest absolute Gasteiger partial charge is 0.486 e. The number of hydrogen-bond donors (Lipinski definition) is 1. The summed E-state index contributed by atoms with van der Waals surface area (Å²) in [6.45, 7) is 5.35. The number of aryl methyl sites for hydroxylation is 1. The number of nitrogens with one attached hydrogen (secondary N) is 1. The third-order valence-electron chi connectivity index (χ3n) is 5.94. The molecule has 2 aliphatic rings. The minimum absolute atomic E-state index is 0.0469. The molecule has 1 aromatic heterocycles. The minimum Gasteiger partial charge on any atom is -0.486 e. The molecule has 1 saturated heterocycles. The summed E-state index contributed by atoms with van der Waals surface area (Å²) in [5.74, 6) is 1.18. The zero-order valence-corrected chi connectivity index (χ0v) is 18.0. The van der Waals surface area contributed by atoms with Crippen molar-refractivity contribution in [2.45, 2.75) is 13.5 Å². The Balaban J connectivity index is 1.16. The van der Waals surface area contributed by atoms with Gasteiger partial charge in [-0.25, -0.2) is 4.79 Å². The van der Waals surface area contributed by atoms with Crippen LogP contribution in [0.4, 0.5) is 10.5 Å². The molecule has 5 rings (SSSR count). The average Bonchev–Trinajstić information content (AvgIpc) is 3.32. The lowest BCUT2D eigenvalue weighted by molar-refractivity contribution is -0.121. The highest BCUT2D eigenvalue weighted by atomic mass is 16.6. The SMILES string of the molecule is Cc1cc2ccccc2n1CCNC(=O)CN1CCN(c2ccc3c(c2)OCCO3)C1=O. The molecular weight excluding hydrogens is 408 g/mol. The first-order valence-electron chi connectivity index (χ1n) is 10.9. The fraction of sp³-hybridized carbons (Fsp3) is 0.333. The molecule has 2 aliphatic heterocycles. The monoisotopic (exact) mass is 434 g/mol. The summed E-state index contributed by atoms with van der Waals surface area (Å²) in [4.78, 5) is 28.6. The zero-order valence-electron chi connectivity index (χ0n) is 18.0. The van der Waals surface area contributed by atoms with Crippen molar-refractivity contribution in [3.05, 3.63) is 54.2 Å². The highest BCUT2D eigenvalue weighted by molar-refractivity contribution is 5.96. The van der Waals surface area contributed by atoms with Crippen LogP contribution in [-0.4, -0.2) is 60.8 Å². The van der Waals surface area contributed by atoms with Crippen molar-refractivity contribution in [1.82, 2.24) is 14.8 Å². The number of benzene rings is 2. The fourth-order valence-corrected chi connectivity index (χ4v) is 4.35. The van der Waals surface area contributed by atoms with Crippen LogP contribution in [0, 0.1) is 6.92 Å². The molecule has 3 aromatic rings. The summed E-state index contributed by atoms with van der Waals surface area (Å²) >= 11 is 0. The number of nitrogens with zero attached hydrogens (tertiary/aromatic N) is 3. The molecule has 1 N–H and O–H groups in total. The second kappa shape index (κ2) is 8.45. The highest BCUT2D eigenvalue weighted by Crippen LogP contribution is 2.35. The minimum atomic E-state index is -0.177. The van der Waals surface area contributed by atoms with Crippen molar-refractivity contribution in [2.75, 3.05) is 44.3 Å². The first kappa shape index (κ1) is 20.2. The van der Waals surface area contributed by atoms with Crippen LogP contribution in [0.5, 0.6) is 11.5 Å². The molecule has 0 unspecified atom stereocenters. The Hall–Kier alpha value is -3.68. The lowest BCUT2D eigenvalue weighted by Gasteiger charge is -2.22. The Labute approximate surface area is 186 Å². The topological polar surface area (TPSA) is 76.0 Å². The summed E-state index contributed by atoms with van der Waals surface area (Å²) in [6.07, 6.45) is 0. The first-order chi connectivity index (χ1) is 15.6. The predicted molar refractivity (Wildman–Crippen MR) is 121 cm³/mol. The number of anilines is 1. The number of amides is 3. The number of urea groups is 1. The molecule has 0 atom stereocenters. The summed E-state index contributed by atoms with van der Waals surface area (Å²) in [6, 6.07) is 15.7. The standard InChI is InChI=1S/C24H26N4O4/c1-17-14-18-4-2-3-5-20(18)27(17)9-8-25-23(29)16-26-10-11-28(24(26)30)19-6-7-21-22(15-19)32-13-12-31-21/h2-7,14-15H,8-13,16H2,1H3,(H,25,29). The number of carbonyl (C=O) groups excluding carboxylic acids is 2. The van der Waals surface area contributed by atoms with Gasteiger partial charge >= 0.3 is 6.03 Å². The third-order valence-corrected chi connectivity index (χ3v) is 5.94. The van der Waals surface area contributed by atoms with Crippen molar-refractivity contribution >= 4 is 28.5 Å². The Morgan fingerprint density at radius 2 is 1.84 bits per heavy atom. The van der Waals surface area contributed by atoms with Crippen LogP contribution in [0.1, 0.15) is 5.69 Å². The quantitative estimate of drug-likeness (QED) is 0.647. The van der Waals surface area contributed by atoms with Gasteiger partial charge in [0.25, 0.3) is 0 Å². The Morgan fingerprint density at radius 3 is 2.72 bits per heavy atom. The number of fused-ring (bicyclic) bond motifs is 2. The molecule has 166 valence electrons. The van der Waals surface area contributed by atoms with Gasteiger partial charge in [0.15, 0.2) is 11.5 Å². The van der Waals surface area contributed by atoms with Gasteiger partial charge in [-0.05, 0) is 36.6 Å². The van der Waals surface area contributed by atoms with E-state index in [1.807, 2.05) is 30.3 Å². The molecule has 2 aromatic carbocycles. The molecule has 0 spiro atoms. The van der Waals surface area contributed by atoms with Crippen molar-refractivity contribution in [1.29, 1.82) is 0 Å². The van der Waals surface area contributed by atoms with Gasteiger partial charge in [0.1, 0.15) is 19.8 Å². The maximum absolute atomic E-state index is 12.9. The molecule has 32 heavy (non-hydrogen) atoms. The maximum Gasteiger partial charge on any atom is 0.325 e. The maximum atomic E-state index is 12.9. The van der Waals surface area contributed by atoms with Gasteiger partial charge in [0.05, 0.1) is 0 Å². The molecular formula is C24H26N4O4. The molecule has 8 heteroatoms. The van der Waals surface area contributed by atoms with Gasteiger partial charge in [0, 0.05) is 49.1 Å². The number of hydrogen-bond acceptors (Lipinski definition) is 4.